The largest absolute Gasteiger partial charge is 0.527 e. The molecule has 2 atom stereocenters. The van der Waals surface area contributed by atoms with Crippen LogP contribution in [0.25, 0.3) is 11.4 Å². The number of nitrogens with zero attached hydrogens (tertiary/aromatic N) is 3. The third-order valence-corrected chi connectivity index (χ3v) is 7.26. The summed E-state index contributed by atoms with van der Waals surface area (Å²) < 4.78 is 17.2. The van der Waals surface area contributed by atoms with Crippen molar-refractivity contribution >= 4 is 9.76 Å². The Hall–Kier alpha value is -1.99. The first kappa shape index (κ1) is 29.2. The van der Waals surface area contributed by atoms with Crippen molar-refractivity contribution in [3.8, 4) is 23.0 Å². The van der Waals surface area contributed by atoms with E-state index in [0.717, 1.165) is 61.6 Å². The molecule has 35 heavy (non-hydrogen) atoms. The van der Waals surface area contributed by atoms with Crippen molar-refractivity contribution in [3.05, 3.63) is 30.5 Å². The minimum atomic E-state index is 0.412. The van der Waals surface area contributed by atoms with Crippen LogP contribution in [0.2, 0.25) is 6.04 Å². The smallest absolute Gasteiger partial charge is 0.313 e. The fourth-order valence-corrected chi connectivity index (χ4v) is 4.43. The first-order chi connectivity index (χ1) is 17.1. The summed E-state index contributed by atoms with van der Waals surface area (Å²) in [7, 11) is 0.412. The van der Waals surface area contributed by atoms with Crippen molar-refractivity contribution in [1.29, 1.82) is 0 Å². The average molecular weight is 500 g/mol. The van der Waals surface area contributed by atoms with Gasteiger partial charge in [0.1, 0.15) is 11.4 Å². The van der Waals surface area contributed by atoms with Crippen LogP contribution in [0.1, 0.15) is 85.5 Å². The Labute approximate surface area is 215 Å². The molecule has 0 N–H and O–H groups in total. The predicted octanol–water partition coefficient (Wildman–Crippen LogP) is 7.17. The maximum Gasteiger partial charge on any atom is 0.313 e. The Morgan fingerprint density at radius 3 is 2.23 bits per heavy atom. The lowest BCUT2D eigenvalue weighted by molar-refractivity contribution is 0.123. The van der Waals surface area contributed by atoms with E-state index in [9.17, 15) is 0 Å². The maximum atomic E-state index is 5.85. The second-order valence-corrected chi connectivity index (χ2v) is 10.4. The van der Waals surface area contributed by atoms with Crippen molar-refractivity contribution in [2.24, 2.45) is 11.8 Å². The summed E-state index contributed by atoms with van der Waals surface area (Å²) >= 11 is 0. The zero-order valence-electron chi connectivity index (χ0n) is 22.3. The number of hydrogen-bond donors (Lipinski definition) is 0. The fourth-order valence-electron chi connectivity index (χ4n) is 3.60. The molecule has 0 aliphatic carbocycles. The van der Waals surface area contributed by atoms with Crippen LogP contribution in [0, 0.1) is 11.8 Å². The van der Waals surface area contributed by atoms with Gasteiger partial charge in [0.15, 0.2) is 0 Å². The SMILES string of the molecule is CCCCOCCCCOc1ccc(-c2ccc(O[Si]CC(C)CCC(C)CCCC)nn2)nc1. The molecule has 0 spiro atoms. The molecule has 0 aliphatic heterocycles. The van der Waals surface area contributed by atoms with E-state index < -0.39 is 0 Å². The number of rotatable bonds is 20. The Kier molecular flexibility index (Phi) is 15.3. The van der Waals surface area contributed by atoms with Gasteiger partial charge in [0.25, 0.3) is 0 Å². The van der Waals surface area contributed by atoms with E-state index in [2.05, 4.69) is 42.9 Å². The molecule has 0 saturated heterocycles. The van der Waals surface area contributed by atoms with E-state index in [-0.39, 0.29) is 0 Å². The summed E-state index contributed by atoms with van der Waals surface area (Å²) in [5, 5.41) is 8.52. The average Bonchev–Trinajstić information content (AvgIpc) is 2.88. The van der Waals surface area contributed by atoms with Gasteiger partial charge in [-0.05, 0) is 55.3 Å². The molecule has 2 radical (unpaired) electrons. The van der Waals surface area contributed by atoms with Gasteiger partial charge in [0.2, 0.25) is 5.88 Å². The highest BCUT2D eigenvalue weighted by molar-refractivity contribution is 6.28. The second-order valence-electron chi connectivity index (χ2n) is 9.54. The van der Waals surface area contributed by atoms with E-state index in [1.54, 1.807) is 6.20 Å². The predicted molar refractivity (Wildman–Crippen MR) is 144 cm³/mol. The normalized spacial score (nSPS) is 12.9. The zero-order valence-corrected chi connectivity index (χ0v) is 23.3. The van der Waals surface area contributed by atoms with Crippen LogP contribution >= 0.6 is 0 Å². The quantitative estimate of drug-likeness (QED) is 0.142. The van der Waals surface area contributed by atoms with Gasteiger partial charge in [-0.3, -0.25) is 4.98 Å². The lowest BCUT2D eigenvalue weighted by Gasteiger charge is -2.14. The molecule has 2 unspecified atom stereocenters. The summed E-state index contributed by atoms with van der Waals surface area (Å²) in [4.78, 5) is 4.47. The van der Waals surface area contributed by atoms with Crippen molar-refractivity contribution in [3.63, 3.8) is 0 Å². The number of aromatic nitrogens is 3. The highest BCUT2D eigenvalue weighted by atomic mass is 28.2. The van der Waals surface area contributed by atoms with Crippen LogP contribution in [-0.4, -0.2) is 44.8 Å². The van der Waals surface area contributed by atoms with Crippen LogP contribution in [0.4, 0.5) is 0 Å². The molecular weight excluding hydrogens is 454 g/mol. The standard InChI is InChI=1S/C28H45N3O3Si/c1-5-7-11-23(3)12-13-24(4)22-35-34-28-17-16-27(30-31-28)26-15-14-25(21-29-26)33-20-10-9-19-32-18-8-6-2/h14-17,21,23-24H,5-13,18-20,22H2,1-4H3. The molecule has 0 aromatic carbocycles. The minimum Gasteiger partial charge on any atom is -0.527 e. The molecule has 0 fully saturated rings. The van der Waals surface area contributed by atoms with Crippen molar-refractivity contribution in [1.82, 2.24) is 15.2 Å². The van der Waals surface area contributed by atoms with Gasteiger partial charge in [-0.2, -0.15) is 0 Å². The molecular formula is C28H45N3O3Si. The van der Waals surface area contributed by atoms with E-state index in [1.807, 2.05) is 24.3 Å². The lowest BCUT2D eigenvalue weighted by atomic mass is 9.95. The van der Waals surface area contributed by atoms with Gasteiger partial charge in [0.05, 0.1) is 18.5 Å². The molecule has 2 heterocycles. The van der Waals surface area contributed by atoms with E-state index in [1.165, 1.54) is 38.5 Å². The minimum absolute atomic E-state index is 0.412. The number of ether oxygens (including phenoxy) is 2. The van der Waals surface area contributed by atoms with E-state index in [0.29, 0.717) is 28.2 Å². The van der Waals surface area contributed by atoms with Gasteiger partial charge < -0.3 is 13.9 Å². The molecule has 0 aliphatic rings. The third-order valence-electron chi connectivity index (χ3n) is 6.04. The van der Waals surface area contributed by atoms with Crippen molar-refractivity contribution in [2.75, 3.05) is 19.8 Å². The fraction of sp³-hybridized carbons (Fsp3) is 0.679. The van der Waals surface area contributed by atoms with Crippen LogP contribution < -0.4 is 9.16 Å². The zero-order chi connectivity index (χ0) is 25.1. The molecule has 0 saturated carbocycles. The number of hydrogen-bond acceptors (Lipinski definition) is 6. The van der Waals surface area contributed by atoms with Crippen LogP contribution in [-0.2, 0) is 4.74 Å². The van der Waals surface area contributed by atoms with Crippen LogP contribution in [0.5, 0.6) is 11.6 Å². The van der Waals surface area contributed by atoms with E-state index >= 15 is 0 Å². The highest BCUT2D eigenvalue weighted by Crippen LogP contribution is 2.21. The maximum absolute atomic E-state index is 5.85. The molecule has 194 valence electrons. The Bertz CT molecular complexity index is 774. The Balaban J connectivity index is 1.64. The number of pyridine rings is 1. The second kappa shape index (κ2) is 18.3. The summed E-state index contributed by atoms with van der Waals surface area (Å²) in [6.07, 6.45) is 12.6. The van der Waals surface area contributed by atoms with Gasteiger partial charge in [-0.1, -0.05) is 66.2 Å². The number of unbranched alkanes of at least 4 members (excludes halogenated alkanes) is 3. The Morgan fingerprint density at radius 2 is 1.51 bits per heavy atom. The molecule has 2 rings (SSSR count). The highest BCUT2D eigenvalue weighted by Gasteiger charge is 2.10. The van der Waals surface area contributed by atoms with Gasteiger partial charge in [0, 0.05) is 19.3 Å². The molecule has 6 nitrogen and oxygen atoms in total. The molecule has 2 aromatic rings. The van der Waals surface area contributed by atoms with Gasteiger partial charge in [-0.25, -0.2) is 0 Å². The van der Waals surface area contributed by atoms with Crippen molar-refractivity contribution in [2.45, 2.75) is 91.5 Å². The first-order valence-electron chi connectivity index (χ1n) is 13.5. The molecule has 7 heteroatoms. The summed E-state index contributed by atoms with van der Waals surface area (Å²) in [6, 6.07) is 8.70. The van der Waals surface area contributed by atoms with E-state index in [4.69, 9.17) is 13.9 Å². The molecule has 0 amide bonds. The van der Waals surface area contributed by atoms with Gasteiger partial charge in [-0.15, -0.1) is 10.2 Å². The molecule has 0 bridgehead atoms. The lowest BCUT2D eigenvalue weighted by Crippen LogP contribution is -2.09. The summed E-state index contributed by atoms with van der Waals surface area (Å²) in [5.74, 6) is 2.85. The van der Waals surface area contributed by atoms with Gasteiger partial charge >= 0.3 is 9.76 Å². The monoisotopic (exact) mass is 499 g/mol. The van der Waals surface area contributed by atoms with Crippen molar-refractivity contribution < 1.29 is 13.9 Å². The summed E-state index contributed by atoms with van der Waals surface area (Å²) in [5.41, 5.74) is 1.50. The third kappa shape index (κ3) is 13.0. The van der Waals surface area contributed by atoms with Crippen LogP contribution in [0.15, 0.2) is 30.5 Å². The van der Waals surface area contributed by atoms with Crippen LogP contribution in [0.3, 0.4) is 0 Å². The summed E-state index contributed by atoms with van der Waals surface area (Å²) in [6.45, 7) is 11.5. The Morgan fingerprint density at radius 1 is 0.771 bits per heavy atom. The topological polar surface area (TPSA) is 66.4 Å². The first-order valence-corrected chi connectivity index (χ1v) is 14.6. The molecule has 2 aromatic heterocycles.